The highest BCUT2D eigenvalue weighted by molar-refractivity contribution is 5.95. The van der Waals surface area contributed by atoms with Crippen LogP contribution in [0.15, 0.2) is 48.5 Å². The number of aromatic amines is 2. The van der Waals surface area contributed by atoms with Crippen LogP contribution < -0.4 is 0 Å². The van der Waals surface area contributed by atoms with Gasteiger partial charge in [-0.25, -0.2) is 0 Å². The van der Waals surface area contributed by atoms with Gasteiger partial charge in [-0.05, 0) is 30.3 Å². The fourth-order valence-electron chi connectivity index (χ4n) is 2.42. The quantitative estimate of drug-likeness (QED) is 0.484. The molecule has 0 fully saturated rings. The van der Waals surface area contributed by atoms with Gasteiger partial charge < -0.3 is 10.1 Å². The van der Waals surface area contributed by atoms with Gasteiger partial charge in [-0.15, -0.1) is 0 Å². The van der Waals surface area contributed by atoms with Crippen molar-refractivity contribution in [3.63, 3.8) is 0 Å². The average molecular weight is 249 g/mol. The van der Waals surface area contributed by atoms with E-state index in [1.54, 1.807) is 12.1 Å². The Balaban J connectivity index is 1.99. The van der Waals surface area contributed by atoms with Crippen LogP contribution in [-0.2, 0) is 0 Å². The van der Waals surface area contributed by atoms with Gasteiger partial charge in [0.1, 0.15) is 11.4 Å². The van der Waals surface area contributed by atoms with Crippen molar-refractivity contribution in [3.8, 4) is 17.1 Å². The molecule has 4 nitrogen and oxygen atoms in total. The summed E-state index contributed by atoms with van der Waals surface area (Å²) in [5, 5.41) is 18.9. The molecule has 0 spiro atoms. The van der Waals surface area contributed by atoms with Crippen molar-refractivity contribution < 1.29 is 5.11 Å². The monoisotopic (exact) mass is 249 g/mol. The molecule has 0 aliphatic heterocycles. The number of fused-ring (bicyclic) bond motifs is 2. The summed E-state index contributed by atoms with van der Waals surface area (Å²) in [6.45, 7) is 0. The highest BCUT2D eigenvalue weighted by Crippen LogP contribution is 2.29. The van der Waals surface area contributed by atoms with Crippen LogP contribution in [0.25, 0.3) is 33.2 Å². The molecule has 0 bridgehead atoms. The maximum absolute atomic E-state index is 9.51. The number of nitrogens with one attached hydrogen (secondary N) is 2. The lowest BCUT2D eigenvalue weighted by Crippen LogP contribution is -1.77. The maximum atomic E-state index is 9.51. The predicted octanol–water partition coefficient (Wildman–Crippen LogP) is 3.42. The molecule has 0 saturated carbocycles. The van der Waals surface area contributed by atoms with Gasteiger partial charge in [0.05, 0.1) is 11.2 Å². The third kappa shape index (κ3) is 1.50. The molecule has 2 aromatic carbocycles. The van der Waals surface area contributed by atoms with E-state index in [2.05, 4.69) is 15.2 Å². The summed E-state index contributed by atoms with van der Waals surface area (Å²) in [7, 11) is 0. The molecule has 4 heteroatoms. The van der Waals surface area contributed by atoms with Crippen molar-refractivity contribution in [2.24, 2.45) is 0 Å². The van der Waals surface area contributed by atoms with E-state index < -0.39 is 0 Å². The van der Waals surface area contributed by atoms with Crippen LogP contribution in [-0.4, -0.2) is 20.3 Å². The van der Waals surface area contributed by atoms with E-state index in [9.17, 15) is 5.11 Å². The molecule has 0 unspecified atom stereocenters. The van der Waals surface area contributed by atoms with Crippen molar-refractivity contribution in [2.45, 2.75) is 0 Å². The molecular weight excluding hydrogens is 238 g/mol. The van der Waals surface area contributed by atoms with E-state index in [1.807, 2.05) is 36.4 Å². The first-order valence-corrected chi connectivity index (χ1v) is 6.06. The lowest BCUT2D eigenvalue weighted by Gasteiger charge is -1.92. The molecule has 92 valence electrons. The number of phenols is 1. The van der Waals surface area contributed by atoms with Crippen molar-refractivity contribution in [3.05, 3.63) is 48.5 Å². The largest absolute Gasteiger partial charge is 0.508 e. The zero-order valence-corrected chi connectivity index (χ0v) is 10.0. The number of hydrogen-bond donors (Lipinski definition) is 3. The van der Waals surface area contributed by atoms with E-state index in [1.165, 1.54) is 0 Å². The second kappa shape index (κ2) is 3.62. The topological polar surface area (TPSA) is 64.7 Å². The third-order valence-corrected chi connectivity index (χ3v) is 3.33. The van der Waals surface area contributed by atoms with Gasteiger partial charge in [-0.3, -0.25) is 5.10 Å². The Bertz CT molecular complexity index is 889. The minimum atomic E-state index is 0.268. The van der Waals surface area contributed by atoms with E-state index in [0.717, 1.165) is 33.2 Å². The Kier molecular flexibility index (Phi) is 1.94. The fraction of sp³-hybridized carbons (Fsp3) is 0. The summed E-state index contributed by atoms with van der Waals surface area (Å²) >= 11 is 0. The van der Waals surface area contributed by atoms with Crippen LogP contribution in [0.4, 0.5) is 0 Å². The van der Waals surface area contributed by atoms with Crippen LogP contribution in [0.5, 0.6) is 5.75 Å². The average Bonchev–Trinajstić information content (AvgIpc) is 3.00. The Morgan fingerprint density at radius 1 is 0.947 bits per heavy atom. The number of H-pyrrole nitrogens is 2. The summed E-state index contributed by atoms with van der Waals surface area (Å²) in [5.41, 5.74) is 3.84. The first-order valence-electron chi connectivity index (χ1n) is 6.06. The Labute approximate surface area is 108 Å². The zero-order chi connectivity index (χ0) is 12.8. The zero-order valence-electron chi connectivity index (χ0n) is 10.0. The Morgan fingerprint density at radius 3 is 2.79 bits per heavy atom. The fourth-order valence-corrected chi connectivity index (χ4v) is 2.42. The van der Waals surface area contributed by atoms with Gasteiger partial charge in [0.25, 0.3) is 0 Å². The van der Waals surface area contributed by atoms with Crippen LogP contribution in [0, 0.1) is 0 Å². The number of rotatable bonds is 1. The minimum absolute atomic E-state index is 0.268. The van der Waals surface area contributed by atoms with Crippen molar-refractivity contribution in [1.29, 1.82) is 0 Å². The smallest absolute Gasteiger partial charge is 0.116 e. The number of para-hydroxylation sites is 1. The maximum Gasteiger partial charge on any atom is 0.116 e. The Hall–Kier alpha value is -2.75. The van der Waals surface area contributed by atoms with Crippen molar-refractivity contribution >= 4 is 21.8 Å². The number of benzene rings is 2. The second-order valence-electron chi connectivity index (χ2n) is 4.57. The van der Waals surface area contributed by atoms with Gasteiger partial charge in [0.2, 0.25) is 0 Å². The van der Waals surface area contributed by atoms with Gasteiger partial charge >= 0.3 is 0 Å². The highest BCUT2D eigenvalue weighted by atomic mass is 16.3. The van der Waals surface area contributed by atoms with Crippen LogP contribution in [0.3, 0.4) is 0 Å². The lowest BCUT2D eigenvalue weighted by molar-refractivity contribution is 0.476. The summed E-state index contributed by atoms with van der Waals surface area (Å²) in [6.07, 6.45) is 0. The standard InChI is InChI=1S/C15H11N3O/c19-10-5-6-12-9(7-10)8-14(16-12)15-11-3-1-2-4-13(11)17-18-15/h1-8,16,19H,(H,17,18). The van der Waals surface area contributed by atoms with Gasteiger partial charge in [0, 0.05) is 16.3 Å². The predicted molar refractivity (Wildman–Crippen MR) is 75.1 cm³/mol. The lowest BCUT2D eigenvalue weighted by atomic mass is 10.1. The van der Waals surface area contributed by atoms with Gasteiger partial charge in [-0.1, -0.05) is 18.2 Å². The first kappa shape index (κ1) is 10.2. The number of aromatic nitrogens is 3. The summed E-state index contributed by atoms with van der Waals surface area (Å²) in [5.74, 6) is 0.268. The van der Waals surface area contributed by atoms with Crippen LogP contribution in [0.2, 0.25) is 0 Å². The summed E-state index contributed by atoms with van der Waals surface area (Å²) < 4.78 is 0. The number of nitrogens with zero attached hydrogens (tertiary/aromatic N) is 1. The Morgan fingerprint density at radius 2 is 1.84 bits per heavy atom. The van der Waals surface area contributed by atoms with E-state index in [4.69, 9.17) is 0 Å². The normalized spacial score (nSPS) is 11.4. The SMILES string of the molecule is Oc1ccc2[nH]c(-c3n[nH]c4ccccc34)cc2c1. The van der Waals surface area contributed by atoms with E-state index in [0.29, 0.717) is 0 Å². The number of hydrogen-bond acceptors (Lipinski definition) is 2. The third-order valence-electron chi connectivity index (χ3n) is 3.33. The summed E-state index contributed by atoms with van der Waals surface area (Å²) in [6, 6.07) is 15.3. The van der Waals surface area contributed by atoms with Gasteiger partial charge in [0.15, 0.2) is 0 Å². The molecule has 4 rings (SSSR count). The van der Waals surface area contributed by atoms with Crippen LogP contribution >= 0.6 is 0 Å². The highest BCUT2D eigenvalue weighted by Gasteiger charge is 2.10. The molecule has 0 aliphatic carbocycles. The number of aromatic hydroxyl groups is 1. The van der Waals surface area contributed by atoms with E-state index in [-0.39, 0.29) is 5.75 Å². The first-order chi connectivity index (χ1) is 9.31. The molecule has 0 radical (unpaired) electrons. The summed E-state index contributed by atoms with van der Waals surface area (Å²) in [4.78, 5) is 3.32. The molecule has 3 N–H and O–H groups in total. The van der Waals surface area contributed by atoms with Crippen molar-refractivity contribution in [1.82, 2.24) is 15.2 Å². The molecule has 0 aliphatic rings. The van der Waals surface area contributed by atoms with Gasteiger partial charge in [-0.2, -0.15) is 5.10 Å². The van der Waals surface area contributed by atoms with Crippen molar-refractivity contribution in [2.75, 3.05) is 0 Å². The molecular formula is C15H11N3O. The molecule has 4 aromatic rings. The molecule has 0 atom stereocenters. The number of phenolic OH excluding ortho intramolecular Hbond substituents is 1. The molecule has 2 aromatic heterocycles. The molecule has 2 heterocycles. The molecule has 0 saturated heterocycles. The van der Waals surface area contributed by atoms with Crippen LogP contribution in [0.1, 0.15) is 0 Å². The molecule has 0 amide bonds. The van der Waals surface area contributed by atoms with E-state index >= 15 is 0 Å². The molecule has 19 heavy (non-hydrogen) atoms. The second-order valence-corrected chi connectivity index (χ2v) is 4.57. The minimum Gasteiger partial charge on any atom is -0.508 e.